The molecule has 1 N–H and O–H groups in total. The zero-order valence-corrected chi connectivity index (χ0v) is 25.9. The van der Waals surface area contributed by atoms with Gasteiger partial charge >= 0.3 is 29.6 Å². The fourth-order valence-corrected chi connectivity index (χ4v) is 5.92. The van der Waals surface area contributed by atoms with Crippen molar-refractivity contribution in [3.63, 3.8) is 0 Å². The van der Waals surface area contributed by atoms with Gasteiger partial charge in [0.05, 0.1) is 6.04 Å². The number of nitrogens with zero attached hydrogens (tertiary/aromatic N) is 2. The number of carbonyl (C=O) groups is 3. The Morgan fingerprint density at radius 2 is 1.73 bits per heavy atom. The van der Waals surface area contributed by atoms with E-state index in [0.29, 0.717) is 28.7 Å². The van der Waals surface area contributed by atoms with Crippen LogP contribution >= 0.6 is 0 Å². The van der Waals surface area contributed by atoms with Crippen LogP contribution in [0.1, 0.15) is 93.2 Å². The second-order valence-electron chi connectivity index (χ2n) is 11.0. The molecule has 1 spiro atoms. The number of aliphatic carboxylic acids is 1. The van der Waals surface area contributed by atoms with Crippen molar-refractivity contribution in [1.82, 2.24) is 10.2 Å². The van der Waals surface area contributed by atoms with E-state index in [0.717, 1.165) is 44.1 Å². The number of halogens is 1. The minimum atomic E-state index is -1.22. The number of carboxylic acid groups (broad SMARTS) is 1. The smallest absolute Gasteiger partial charge is 0.550 e. The molecule has 0 saturated heterocycles. The molecule has 1 saturated carbocycles. The van der Waals surface area contributed by atoms with Gasteiger partial charge in [-0.2, -0.15) is 0 Å². The monoisotopic (exact) mass is 557 g/mol. The maximum Gasteiger partial charge on any atom is 1.00 e. The van der Waals surface area contributed by atoms with Crippen LogP contribution in [-0.4, -0.2) is 40.6 Å². The molecule has 2 amide bonds. The first-order valence-corrected chi connectivity index (χ1v) is 13.9. The zero-order chi connectivity index (χ0) is 28.2. The molecule has 7 nitrogen and oxygen atoms in total. The van der Waals surface area contributed by atoms with Crippen LogP contribution in [0.25, 0.3) is 0 Å². The minimum Gasteiger partial charge on any atom is -0.550 e. The molecular formula is C31H37FN3NaO4. The first-order valence-electron chi connectivity index (χ1n) is 13.9. The molecule has 9 heteroatoms. The number of amides is 2. The SMILES string of the molecule is CCC[C@H](c1ccc(C(=O)NCCC(=O)[O-])cc1)N1C(=O)C(c2ccc(F)cc2)=NC12CCC(C(C)C)CC2.[Na+]. The fraction of sp³-hybridized carbons (Fsp3) is 0.484. The van der Waals surface area contributed by atoms with Crippen molar-refractivity contribution in [2.75, 3.05) is 6.54 Å². The summed E-state index contributed by atoms with van der Waals surface area (Å²) in [6.07, 6.45) is 4.81. The quantitative estimate of drug-likeness (QED) is 0.447. The summed E-state index contributed by atoms with van der Waals surface area (Å²) in [4.78, 5) is 44.3. The van der Waals surface area contributed by atoms with Gasteiger partial charge < -0.3 is 20.1 Å². The summed E-state index contributed by atoms with van der Waals surface area (Å²) in [6, 6.07) is 12.8. The van der Waals surface area contributed by atoms with Crippen molar-refractivity contribution in [3.05, 3.63) is 71.0 Å². The summed E-state index contributed by atoms with van der Waals surface area (Å²) in [6.45, 7) is 6.55. The minimum absolute atomic E-state index is 0. The Balaban J connectivity index is 0.00000441. The van der Waals surface area contributed by atoms with Gasteiger partial charge in [0.1, 0.15) is 17.2 Å². The summed E-state index contributed by atoms with van der Waals surface area (Å²) in [5.41, 5.74) is 1.66. The van der Waals surface area contributed by atoms with E-state index in [-0.39, 0.29) is 66.2 Å². The number of nitrogens with one attached hydrogen (secondary N) is 1. The van der Waals surface area contributed by atoms with Crippen molar-refractivity contribution in [2.45, 2.75) is 77.4 Å². The van der Waals surface area contributed by atoms with E-state index in [2.05, 4.69) is 26.1 Å². The number of carboxylic acids is 1. The van der Waals surface area contributed by atoms with E-state index in [4.69, 9.17) is 4.99 Å². The first-order chi connectivity index (χ1) is 18.6. The normalized spacial score (nSPS) is 21.2. The van der Waals surface area contributed by atoms with Gasteiger partial charge in [-0.1, -0.05) is 39.3 Å². The number of benzene rings is 2. The van der Waals surface area contributed by atoms with E-state index in [1.165, 1.54) is 12.1 Å². The van der Waals surface area contributed by atoms with Gasteiger partial charge in [0.25, 0.3) is 11.8 Å². The molecule has 0 radical (unpaired) electrons. The summed E-state index contributed by atoms with van der Waals surface area (Å²) in [5.74, 6) is -0.949. The number of aliphatic imine (C=N–C) groups is 1. The van der Waals surface area contributed by atoms with Crippen LogP contribution in [0.3, 0.4) is 0 Å². The van der Waals surface area contributed by atoms with Crippen LogP contribution < -0.4 is 40.0 Å². The molecule has 2 aliphatic rings. The Hall–Kier alpha value is -2.55. The van der Waals surface area contributed by atoms with E-state index in [9.17, 15) is 23.9 Å². The number of hydrogen-bond donors (Lipinski definition) is 1. The molecule has 40 heavy (non-hydrogen) atoms. The largest absolute Gasteiger partial charge is 1.00 e. The molecule has 1 atom stereocenters. The third-order valence-electron chi connectivity index (χ3n) is 8.13. The molecule has 0 unspecified atom stereocenters. The zero-order valence-electron chi connectivity index (χ0n) is 23.9. The fourth-order valence-electron chi connectivity index (χ4n) is 5.92. The summed E-state index contributed by atoms with van der Waals surface area (Å²) < 4.78 is 13.7. The molecule has 2 aromatic carbocycles. The molecule has 1 fully saturated rings. The van der Waals surface area contributed by atoms with Crippen LogP contribution in [0.5, 0.6) is 0 Å². The van der Waals surface area contributed by atoms with Crippen molar-refractivity contribution in [3.8, 4) is 0 Å². The van der Waals surface area contributed by atoms with Crippen LogP contribution in [0.2, 0.25) is 0 Å². The summed E-state index contributed by atoms with van der Waals surface area (Å²) in [5, 5.41) is 13.2. The standard InChI is InChI=1S/C31H38FN3O4.Na/c1-4-5-26(22-6-8-24(9-7-22)29(38)33-19-16-27(36)37)35-30(39)28(23-10-12-25(32)13-11-23)34-31(35)17-14-21(15-18-31)20(2)3;/h6-13,20-21,26H,4-5,14-19H2,1-3H3,(H,33,38)(H,36,37);/q;+1/p-1/t21?,26-,31?;/m1./s1. The predicted octanol–water partition coefficient (Wildman–Crippen LogP) is 1.41. The van der Waals surface area contributed by atoms with Gasteiger partial charge in [0.15, 0.2) is 0 Å². The van der Waals surface area contributed by atoms with E-state index in [1.54, 1.807) is 24.3 Å². The molecule has 4 rings (SSSR count). The topological polar surface area (TPSA) is 102 Å². The van der Waals surface area contributed by atoms with Crippen LogP contribution in [0.15, 0.2) is 53.5 Å². The summed E-state index contributed by atoms with van der Waals surface area (Å²) >= 11 is 0. The Morgan fingerprint density at radius 1 is 1.10 bits per heavy atom. The van der Waals surface area contributed by atoms with Gasteiger partial charge in [0, 0.05) is 30.1 Å². The molecule has 1 aliphatic heterocycles. The van der Waals surface area contributed by atoms with Crippen LogP contribution in [0, 0.1) is 17.7 Å². The van der Waals surface area contributed by atoms with Gasteiger partial charge in [-0.05, 0) is 85.9 Å². The Morgan fingerprint density at radius 3 is 2.27 bits per heavy atom. The van der Waals surface area contributed by atoms with Gasteiger partial charge in [0.2, 0.25) is 0 Å². The number of rotatable bonds is 10. The maximum absolute atomic E-state index is 14.1. The van der Waals surface area contributed by atoms with E-state index in [1.807, 2.05) is 17.0 Å². The molecule has 1 heterocycles. The average molecular weight is 558 g/mol. The van der Waals surface area contributed by atoms with Gasteiger partial charge in [-0.15, -0.1) is 0 Å². The van der Waals surface area contributed by atoms with E-state index >= 15 is 0 Å². The molecule has 2 aromatic rings. The number of carbonyl (C=O) groups excluding carboxylic acids is 3. The van der Waals surface area contributed by atoms with Crippen LogP contribution in [-0.2, 0) is 9.59 Å². The van der Waals surface area contributed by atoms with Crippen molar-refractivity contribution in [2.24, 2.45) is 16.8 Å². The van der Waals surface area contributed by atoms with Crippen molar-refractivity contribution < 1.29 is 53.4 Å². The van der Waals surface area contributed by atoms with Gasteiger partial charge in [-0.3, -0.25) is 14.6 Å². The molecule has 0 bridgehead atoms. The van der Waals surface area contributed by atoms with Crippen LogP contribution in [0.4, 0.5) is 4.39 Å². The van der Waals surface area contributed by atoms with Crippen molar-refractivity contribution in [1.29, 1.82) is 0 Å². The average Bonchev–Trinajstić information content (AvgIpc) is 3.18. The second-order valence-corrected chi connectivity index (χ2v) is 11.0. The maximum atomic E-state index is 14.1. The van der Waals surface area contributed by atoms with E-state index < -0.39 is 11.6 Å². The molecular weight excluding hydrogens is 520 g/mol. The second kappa shape index (κ2) is 13.9. The third-order valence-corrected chi connectivity index (χ3v) is 8.13. The molecule has 1 aliphatic carbocycles. The Kier molecular flexibility index (Phi) is 11.1. The summed E-state index contributed by atoms with van der Waals surface area (Å²) in [7, 11) is 0. The molecule has 208 valence electrons. The first kappa shape index (κ1) is 32.0. The third kappa shape index (κ3) is 7.01. The Bertz CT molecular complexity index is 1220. The van der Waals surface area contributed by atoms with Crippen molar-refractivity contribution >= 4 is 23.5 Å². The Labute approximate surface area is 257 Å². The molecule has 0 aromatic heterocycles. The van der Waals surface area contributed by atoms with Gasteiger partial charge in [-0.25, -0.2) is 4.39 Å². The predicted molar refractivity (Wildman–Crippen MR) is 145 cm³/mol. The number of hydrogen-bond acceptors (Lipinski definition) is 5.